The van der Waals surface area contributed by atoms with Gasteiger partial charge in [-0.15, -0.1) is 0 Å². The standard InChI is InChI=1S/C10H22O5P2/c1-6-10(9-15-17(5,11)12-2)7-13-16(3,4)14-8-10/h3,6-9H2,1-2,4-5H3. The molecule has 0 amide bonds. The van der Waals surface area contributed by atoms with Crippen LogP contribution in [0.5, 0.6) is 0 Å². The van der Waals surface area contributed by atoms with Gasteiger partial charge in [0.25, 0.3) is 0 Å². The van der Waals surface area contributed by atoms with E-state index in [9.17, 15) is 4.57 Å². The summed E-state index contributed by atoms with van der Waals surface area (Å²) in [5.74, 6) is 0. The Hall–Kier alpha value is 0.370. The Morgan fingerprint density at radius 1 is 1.47 bits per heavy atom. The Balaban J connectivity index is 2.60. The Kier molecular flexibility index (Phi) is 5.05. The van der Waals surface area contributed by atoms with E-state index in [1.54, 1.807) is 0 Å². The van der Waals surface area contributed by atoms with Gasteiger partial charge < -0.3 is 18.1 Å². The second-order valence-corrected chi connectivity index (χ2v) is 9.35. The third-order valence-electron chi connectivity index (χ3n) is 2.97. The van der Waals surface area contributed by atoms with Crippen molar-refractivity contribution in [3.63, 3.8) is 0 Å². The van der Waals surface area contributed by atoms with Gasteiger partial charge in [-0.3, -0.25) is 4.57 Å². The summed E-state index contributed by atoms with van der Waals surface area (Å²) in [7, 11) is -3.47. The van der Waals surface area contributed by atoms with Crippen LogP contribution < -0.4 is 0 Å². The molecule has 1 atom stereocenters. The predicted molar refractivity (Wildman–Crippen MR) is 71.1 cm³/mol. The van der Waals surface area contributed by atoms with Crippen molar-refractivity contribution in [2.45, 2.75) is 13.3 Å². The molecule has 0 aromatic rings. The normalized spacial score (nSPS) is 37.6. The van der Waals surface area contributed by atoms with Crippen molar-refractivity contribution in [2.75, 3.05) is 40.3 Å². The van der Waals surface area contributed by atoms with E-state index in [0.717, 1.165) is 6.42 Å². The van der Waals surface area contributed by atoms with Gasteiger partial charge in [0.2, 0.25) is 0 Å². The summed E-state index contributed by atoms with van der Waals surface area (Å²) in [6, 6.07) is 0. The topological polar surface area (TPSA) is 54.0 Å². The average molecular weight is 284 g/mol. The highest BCUT2D eigenvalue weighted by atomic mass is 31.2. The van der Waals surface area contributed by atoms with E-state index in [4.69, 9.17) is 18.1 Å². The molecule has 0 radical (unpaired) electrons. The molecule has 1 fully saturated rings. The molecule has 102 valence electrons. The Morgan fingerprint density at radius 3 is 2.41 bits per heavy atom. The molecule has 1 saturated heterocycles. The smallest absolute Gasteiger partial charge is 0.327 e. The monoisotopic (exact) mass is 284 g/mol. The lowest BCUT2D eigenvalue weighted by Crippen LogP contribution is -2.38. The van der Waals surface area contributed by atoms with Crippen molar-refractivity contribution in [3.8, 4) is 0 Å². The zero-order valence-electron chi connectivity index (χ0n) is 11.0. The highest BCUT2D eigenvalue weighted by molar-refractivity contribution is 7.63. The van der Waals surface area contributed by atoms with Gasteiger partial charge in [0.05, 0.1) is 19.8 Å². The third kappa shape index (κ3) is 4.51. The second kappa shape index (κ2) is 5.56. The highest BCUT2D eigenvalue weighted by Gasteiger charge is 2.37. The summed E-state index contributed by atoms with van der Waals surface area (Å²) in [6.07, 6.45) is 4.73. The first-order valence-corrected chi connectivity index (χ1v) is 9.77. The fourth-order valence-electron chi connectivity index (χ4n) is 1.32. The van der Waals surface area contributed by atoms with Gasteiger partial charge in [0, 0.05) is 25.9 Å². The van der Waals surface area contributed by atoms with E-state index in [2.05, 4.69) is 6.30 Å². The minimum absolute atomic E-state index is 0.249. The number of hydrogen-bond donors (Lipinski definition) is 0. The quantitative estimate of drug-likeness (QED) is 0.727. The Morgan fingerprint density at radius 2 is 2.00 bits per heavy atom. The lowest BCUT2D eigenvalue weighted by molar-refractivity contribution is -0.00659. The van der Waals surface area contributed by atoms with Gasteiger partial charge >= 0.3 is 7.60 Å². The first kappa shape index (κ1) is 15.4. The van der Waals surface area contributed by atoms with E-state index < -0.39 is 14.9 Å². The molecule has 1 rings (SSSR count). The molecule has 0 bridgehead atoms. The maximum absolute atomic E-state index is 11.7. The van der Waals surface area contributed by atoms with Crippen LogP contribution in [0.2, 0.25) is 0 Å². The molecule has 1 heterocycles. The summed E-state index contributed by atoms with van der Waals surface area (Å²) in [4.78, 5) is 0. The van der Waals surface area contributed by atoms with Crippen molar-refractivity contribution in [1.82, 2.24) is 0 Å². The van der Waals surface area contributed by atoms with Crippen LogP contribution in [-0.2, 0) is 22.7 Å². The Labute approximate surface area is 103 Å². The molecule has 0 aromatic heterocycles. The molecule has 0 aliphatic carbocycles. The van der Waals surface area contributed by atoms with Crippen molar-refractivity contribution in [2.24, 2.45) is 5.41 Å². The summed E-state index contributed by atoms with van der Waals surface area (Å²) < 4.78 is 33.1. The molecule has 7 heteroatoms. The lowest BCUT2D eigenvalue weighted by atomic mass is 9.88. The van der Waals surface area contributed by atoms with Crippen LogP contribution in [0.4, 0.5) is 0 Å². The van der Waals surface area contributed by atoms with Crippen LogP contribution in [0.1, 0.15) is 13.3 Å². The van der Waals surface area contributed by atoms with Crippen molar-refractivity contribution < 1.29 is 22.7 Å². The molecule has 0 saturated carbocycles. The fourth-order valence-corrected chi connectivity index (χ4v) is 3.10. The van der Waals surface area contributed by atoms with Gasteiger partial charge in [-0.2, -0.15) is 0 Å². The molecular formula is C10H22O5P2. The molecule has 5 nitrogen and oxygen atoms in total. The van der Waals surface area contributed by atoms with Gasteiger partial charge in [-0.05, 0) is 6.42 Å². The van der Waals surface area contributed by atoms with Gasteiger partial charge in [0.15, 0.2) is 0 Å². The summed E-state index contributed by atoms with van der Waals surface area (Å²) in [6.45, 7) is 6.74. The first-order chi connectivity index (χ1) is 7.74. The maximum atomic E-state index is 11.7. The zero-order valence-corrected chi connectivity index (χ0v) is 12.8. The van der Waals surface area contributed by atoms with E-state index >= 15 is 0 Å². The average Bonchev–Trinajstić information content (AvgIpc) is 2.29. The predicted octanol–water partition coefficient (Wildman–Crippen LogP) is 2.82. The van der Waals surface area contributed by atoms with E-state index in [1.165, 1.54) is 13.8 Å². The van der Waals surface area contributed by atoms with E-state index in [0.29, 0.717) is 19.8 Å². The van der Waals surface area contributed by atoms with Crippen LogP contribution in [0.15, 0.2) is 0 Å². The summed E-state index contributed by atoms with van der Waals surface area (Å²) in [5.41, 5.74) is -0.249. The van der Waals surface area contributed by atoms with Crippen molar-refractivity contribution >= 4 is 21.2 Å². The highest BCUT2D eigenvalue weighted by Crippen LogP contribution is 2.52. The Bertz CT molecular complexity index is 343. The largest absolute Gasteiger partial charge is 0.337 e. The maximum Gasteiger partial charge on any atom is 0.327 e. The van der Waals surface area contributed by atoms with Gasteiger partial charge in [0.1, 0.15) is 7.34 Å². The molecule has 0 aromatic carbocycles. The van der Waals surface area contributed by atoms with E-state index in [-0.39, 0.29) is 5.41 Å². The van der Waals surface area contributed by atoms with Crippen LogP contribution in [0.3, 0.4) is 0 Å². The van der Waals surface area contributed by atoms with E-state index in [1.807, 2.05) is 13.6 Å². The molecule has 1 aliphatic heterocycles. The summed E-state index contributed by atoms with van der Waals surface area (Å²) in [5, 5.41) is 0. The molecule has 1 unspecified atom stereocenters. The first-order valence-electron chi connectivity index (χ1n) is 5.52. The van der Waals surface area contributed by atoms with Crippen molar-refractivity contribution in [1.29, 1.82) is 0 Å². The number of hydrogen-bond acceptors (Lipinski definition) is 5. The van der Waals surface area contributed by atoms with Crippen LogP contribution in [-0.4, -0.2) is 46.6 Å². The van der Waals surface area contributed by atoms with Crippen molar-refractivity contribution in [3.05, 3.63) is 0 Å². The minimum atomic E-state index is -2.95. The number of rotatable bonds is 5. The van der Waals surface area contributed by atoms with Crippen LogP contribution in [0, 0.1) is 5.41 Å². The van der Waals surface area contributed by atoms with Crippen LogP contribution in [0.25, 0.3) is 0 Å². The fraction of sp³-hybridized carbons (Fsp3) is 0.900. The molecule has 17 heavy (non-hydrogen) atoms. The van der Waals surface area contributed by atoms with Gasteiger partial charge in [-0.1, -0.05) is 13.2 Å². The van der Waals surface area contributed by atoms with Crippen LogP contribution >= 0.6 is 14.9 Å². The zero-order chi connectivity index (χ0) is 13.2. The minimum Gasteiger partial charge on any atom is -0.337 e. The molecular weight excluding hydrogens is 262 g/mol. The third-order valence-corrected chi connectivity index (χ3v) is 5.59. The lowest BCUT2D eigenvalue weighted by Gasteiger charge is -2.40. The SMILES string of the molecule is C=P1(C)OCC(CC)(COP(C)(=O)OC)CO1. The molecule has 0 N–H and O–H groups in total. The molecule has 0 spiro atoms. The summed E-state index contributed by atoms with van der Waals surface area (Å²) >= 11 is 0. The molecule has 1 aliphatic rings. The second-order valence-electron chi connectivity index (χ2n) is 4.64. The van der Waals surface area contributed by atoms with Gasteiger partial charge in [-0.25, -0.2) is 0 Å².